The molecule has 4 heteroatoms. The maximum absolute atomic E-state index is 4.88. The molecule has 1 aliphatic rings. The Hall–Kier alpha value is -3.14. The molecule has 31 heavy (non-hydrogen) atoms. The molecule has 0 atom stereocenters. The molecule has 0 N–H and O–H groups in total. The lowest BCUT2D eigenvalue weighted by atomic mass is 9.92. The maximum atomic E-state index is 4.88. The average Bonchev–Trinajstić information content (AvgIpc) is 2.86. The monoisotopic (exact) mass is 414 g/mol. The Labute approximate surface area is 186 Å². The van der Waals surface area contributed by atoms with E-state index in [0.717, 1.165) is 52.3 Å². The van der Waals surface area contributed by atoms with Crippen LogP contribution in [0.3, 0.4) is 0 Å². The van der Waals surface area contributed by atoms with Crippen molar-refractivity contribution in [2.45, 2.75) is 61.3 Å². The van der Waals surface area contributed by atoms with Crippen LogP contribution in [0.1, 0.15) is 58.4 Å². The molecule has 4 heterocycles. The third-order valence-electron chi connectivity index (χ3n) is 4.69. The number of hydrogen-bond donors (Lipinski definition) is 0. The van der Waals surface area contributed by atoms with Crippen LogP contribution in [0.5, 0.6) is 0 Å². The summed E-state index contributed by atoms with van der Waals surface area (Å²) in [6.07, 6.45) is 3.80. The Balaban J connectivity index is 0.000000527. The molecular formula is C27H34N4. The van der Waals surface area contributed by atoms with E-state index < -0.39 is 0 Å². The lowest BCUT2D eigenvalue weighted by molar-refractivity contribution is 0.911. The zero-order valence-electron chi connectivity index (χ0n) is 19.9. The number of fused-ring (bicyclic) bond motifs is 4. The molecule has 0 fully saturated rings. The Kier molecular flexibility index (Phi) is 9.26. The summed E-state index contributed by atoms with van der Waals surface area (Å²) in [5, 5.41) is 1.06. The molecule has 0 amide bonds. The largest absolute Gasteiger partial charge is 0.255 e. The molecule has 0 saturated heterocycles. The zero-order chi connectivity index (χ0) is 22.8. The van der Waals surface area contributed by atoms with Gasteiger partial charge >= 0.3 is 0 Å². The maximum Gasteiger partial charge on any atom is 0.160 e. The van der Waals surface area contributed by atoms with Gasteiger partial charge in [0.1, 0.15) is 0 Å². The molecule has 0 bridgehead atoms. The first-order chi connectivity index (χ1) is 15.3. The van der Waals surface area contributed by atoms with Crippen molar-refractivity contribution in [1.82, 2.24) is 19.9 Å². The number of rotatable bonds is 1. The van der Waals surface area contributed by atoms with Crippen molar-refractivity contribution < 1.29 is 0 Å². The van der Waals surface area contributed by atoms with Gasteiger partial charge in [-0.2, -0.15) is 0 Å². The minimum absolute atomic E-state index is 0.748. The Morgan fingerprint density at radius 2 is 1.35 bits per heavy atom. The molecule has 4 aromatic heterocycles. The van der Waals surface area contributed by atoms with Crippen molar-refractivity contribution >= 4 is 11.0 Å². The topological polar surface area (TPSA) is 51.6 Å². The molecule has 162 valence electrons. The number of aromatic nitrogens is 4. The fourth-order valence-electron chi connectivity index (χ4n) is 3.41. The first kappa shape index (κ1) is 24.1. The van der Waals surface area contributed by atoms with Crippen LogP contribution >= 0.6 is 0 Å². The molecule has 0 spiro atoms. The van der Waals surface area contributed by atoms with Crippen molar-refractivity contribution in [3.8, 4) is 22.8 Å². The van der Waals surface area contributed by atoms with Crippen molar-refractivity contribution in [1.29, 1.82) is 0 Å². The fourth-order valence-corrected chi connectivity index (χ4v) is 3.41. The predicted octanol–water partition coefficient (Wildman–Crippen LogP) is 7.24. The summed E-state index contributed by atoms with van der Waals surface area (Å²) in [7, 11) is 0. The quantitative estimate of drug-likeness (QED) is 0.329. The smallest absolute Gasteiger partial charge is 0.160 e. The summed E-state index contributed by atoms with van der Waals surface area (Å²) in [4.78, 5) is 18.8. The molecular weight excluding hydrogens is 380 g/mol. The number of pyridine rings is 4. The molecule has 0 unspecified atom stereocenters. The van der Waals surface area contributed by atoms with Crippen LogP contribution in [0, 0.1) is 6.92 Å². The van der Waals surface area contributed by atoms with Crippen LogP contribution in [0.25, 0.3) is 33.8 Å². The number of aryl methyl sites for hydroxylation is 3. The van der Waals surface area contributed by atoms with E-state index >= 15 is 0 Å². The lowest BCUT2D eigenvalue weighted by Gasteiger charge is -2.19. The van der Waals surface area contributed by atoms with E-state index in [2.05, 4.69) is 29.2 Å². The second-order valence-electron chi connectivity index (χ2n) is 6.41. The third-order valence-corrected chi connectivity index (χ3v) is 4.69. The van der Waals surface area contributed by atoms with E-state index in [1.807, 2.05) is 72.7 Å². The zero-order valence-corrected chi connectivity index (χ0v) is 19.9. The second kappa shape index (κ2) is 11.9. The van der Waals surface area contributed by atoms with Gasteiger partial charge in [0.15, 0.2) is 5.65 Å². The van der Waals surface area contributed by atoms with Crippen molar-refractivity contribution in [3.05, 3.63) is 71.5 Å². The average molecular weight is 415 g/mol. The minimum Gasteiger partial charge on any atom is -0.255 e. The molecule has 0 radical (unpaired) electrons. The number of hydrogen-bond acceptors (Lipinski definition) is 4. The van der Waals surface area contributed by atoms with Gasteiger partial charge in [-0.3, -0.25) is 9.97 Å². The standard InChI is InChI=1S/C21H16N4.3C2H6/c1-13-5-6-14-7-8-15-12-16-9-10-18(17-4-2-3-11-22-17)24-21(16)25-20(15)19(14)23-13;3*1-2/h2-6,9-12H,7-8H2,1H3;3*1-2H3. The van der Waals surface area contributed by atoms with Crippen LogP contribution in [0.15, 0.2) is 54.7 Å². The molecule has 0 aliphatic heterocycles. The second-order valence-corrected chi connectivity index (χ2v) is 6.41. The van der Waals surface area contributed by atoms with Crippen LogP contribution in [0.4, 0.5) is 0 Å². The Bertz CT molecular complexity index is 1100. The first-order valence-corrected chi connectivity index (χ1v) is 11.5. The van der Waals surface area contributed by atoms with E-state index in [1.54, 1.807) is 6.20 Å². The summed E-state index contributed by atoms with van der Waals surface area (Å²) in [6.45, 7) is 14.0. The minimum atomic E-state index is 0.748. The van der Waals surface area contributed by atoms with Gasteiger partial charge in [-0.1, -0.05) is 53.7 Å². The first-order valence-electron chi connectivity index (χ1n) is 11.5. The van der Waals surface area contributed by atoms with E-state index in [4.69, 9.17) is 15.0 Å². The molecule has 4 aromatic rings. The Morgan fingerprint density at radius 1 is 0.645 bits per heavy atom. The summed E-state index contributed by atoms with van der Waals surface area (Å²) in [5.74, 6) is 0. The molecule has 4 nitrogen and oxygen atoms in total. The van der Waals surface area contributed by atoms with E-state index in [-0.39, 0.29) is 0 Å². The van der Waals surface area contributed by atoms with Gasteiger partial charge in [-0.25, -0.2) is 9.97 Å². The predicted molar refractivity (Wildman–Crippen MR) is 132 cm³/mol. The summed E-state index contributed by atoms with van der Waals surface area (Å²) in [5.41, 5.74) is 7.97. The van der Waals surface area contributed by atoms with Gasteiger partial charge in [-0.15, -0.1) is 0 Å². The molecule has 5 rings (SSSR count). The molecule has 0 aromatic carbocycles. The van der Waals surface area contributed by atoms with Crippen molar-refractivity contribution in [3.63, 3.8) is 0 Å². The third kappa shape index (κ3) is 5.32. The highest BCUT2D eigenvalue weighted by Crippen LogP contribution is 2.32. The van der Waals surface area contributed by atoms with E-state index in [0.29, 0.717) is 0 Å². The normalized spacial score (nSPS) is 10.8. The summed E-state index contributed by atoms with van der Waals surface area (Å²) < 4.78 is 0. The van der Waals surface area contributed by atoms with Crippen LogP contribution in [0.2, 0.25) is 0 Å². The van der Waals surface area contributed by atoms with Crippen LogP contribution in [-0.4, -0.2) is 19.9 Å². The highest BCUT2D eigenvalue weighted by Gasteiger charge is 2.20. The van der Waals surface area contributed by atoms with E-state index in [9.17, 15) is 0 Å². The van der Waals surface area contributed by atoms with Crippen LogP contribution < -0.4 is 0 Å². The summed E-state index contributed by atoms with van der Waals surface area (Å²) >= 11 is 0. The fraction of sp³-hybridized carbons (Fsp3) is 0.333. The number of nitrogens with zero attached hydrogens (tertiary/aromatic N) is 4. The Morgan fingerprint density at radius 3 is 2.06 bits per heavy atom. The highest BCUT2D eigenvalue weighted by atomic mass is 14.9. The van der Waals surface area contributed by atoms with E-state index in [1.165, 1.54) is 11.1 Å². The van der Waals surface area contributed by atoms with Gasteiger partial charge < -0.3 is 0 Å². The van der Waals surface area contributed by atoms with Gasteiger partial charge in [0.05, 0.1) is 22.8 Å². The molecule has 1 aliphatic carbocycles. The van der Waals surface area contributed by atoms with Crippen LogP contribution in [-0.2, 0) is 12.8 Å². The van der Waals surface area contributed by atoms with Gasteiger partial charge in [0.25, 0.3) is 0 Å². The van der Waals surface area contributed by atoms with Gasteiger partial charge in [0.2, 0.25) is 0 Å². The van der Waals surface area contributed by atoms with Crippen molar-refractivity contribution in [2.75, 3.05) is 0 Å². The van der Waals surface area contributed by atoms with Crippen molar-refractivity contribution in [2.24, 2.45) is 0 Å². The van der Waals surface area contributed by atoms with Gasteiger partial charge in [0, 0.05) is 17.3 Å². The summed E-state index contributed by atoms with van der Waals surface area (Å²) in [6, 6.07) is 16.4. The lowest BCUT2D eigenvalue weighted by Crippen LogP contribution is -2.08. The van der Waals surface area contributed by atoms with Gasteiger partial charge in [-0.05, 0) is 67.3 Å². The molecule has 0 saturated carbocycles. The SMILES string of the molecule is CC.CC.CC.Cc1ccc2c(n1)-c1nc3nc(-c4ccccn4)ccc3cc1CC2. The highest BCUT2D eigenvalue weighted by molar-refractivity contribution is 5.83.